The maximum atomic E-state index is 15.1. The Kier molecular flexibility index (Phi) is 7.84. The van der Waals surface area contributed by atoms with Crippen LogP contribution in [0.2, 0.25) is 0 Å². The molecule has 0 spiro atoms. The molecule has 34 heavy (non-hydrogen) atoms. The van der Waals surface area contributed by atoms with Crippen molar-refractivity contribution < 1.29 is 33.1 Å². The number of carbonyl (C=O) groups excluding carboxylic acids is 3. The number of Topliss-reactive ketones (excluding diaryl/α,β-unsaturated/α-hetero) is 1. The van der Waals surface area contributed by atoms with Gasteiger partial charge in [-0.1, -0.05) is 0 Å². The number of hydroxylamine groups is 2. The Morgan fingerprint density at radius 2 is 1.94 bits per heavy atom. The van der Waals surface area contributed by atoms with Crippen molar-refractivity contribution in [2.75, 3.05) is 55.8 Å². The van der Waals surface area contributed by atoms with Crippen LogP contribution in [-0.2, 0) is 19.1 Å². The number of nitrogens with one attached hydrogen (secondary N) is 1. The summed E-state index contributed by atoms with van der Waals surface area (Å²) in [7, 11) is 0. The number of hydrogen-bond acceptors (Lipinski definition) is 7. The summed E-state index contributed by atoms with van der Waals surface area (Å²) >= 11 is 0. The summed E-state index contributed by atoms with van der Waals surface area (Å²) in [6, 6.07) is 4.38. The van der Waals surface area contributed by atoms with Gasteiger partial charge in [0.25, 0.3) is 0 Å². The number of cyclic esters (lactones) is 1. The summed E-state index contributed by atoms with van der Waals surface area (Å²) in [6.07, 6.45) is 1.39. The Balaban J connectivity index is 1.34. The Morgan fingerprint density at radius 3 is 2.68 bits per heavy atom. The van der Waals surface area contributed by atoms with E-state index in [1.165, 1.54) is 23.0 Å². The highest BCUT2D eigenvalue weighted by atomic mass is 19.1. The highest BCUT2D eigenvalue weighted by molar-refractivity contribution is 5.90. The number of amides is 3. The van der Waals surface area contributed by atoms with Crippen LogP contribution >= 0.6 is 0 Å². The minimum Gasteiger partial charge on any atom is -0.444 e. The third-order valence-electron chi connectivity index (χ3n) is 6.23. The zero-order chi connectivity index (χ0) is 24.1. The molecule has 0 aliphatic carbocycles. The number of carbonyl (C=O) groups is 3. The molecular weight excluding hydrogens is 447 g/mol. The molecule has 1 N–H and O–H groups in total. The molecule has 4 rings (SSSR count). The fraction of sp³-hybridized carbons (Fsp3) is 0.609. The van der Waals surface area contributed by atoms with Gasteiger partial charge in [-0.2, -0.15) is 0 Å². The second-order valence-electron chi connectivity index (χ2n) is 8.75. The van der Waals surface area contributed by atoms with E-state index in [0.29, 0.717) is 50.5 Å². The molecule has 3 aliphatic heterocycles. The van der Waals surface area contributed by atoms with Crippen LogP contribution in [0.15, 0.2) is 18.2 Å². The normalized spacial score (nSPS) is 21.9. The van der Waals surface area contributed by atoms with Gasteiger partial charge in [-0.15, -0.1) is 0 Å². The van der Waals surface area contributed by atoms with Gasteiger partial charge in [0.2, 0.25) is 0 Å². The van der Waals surface area contributed by atoms with E-state index in [1.54, 1.807) is 12.1 Å². The monoisotopic (exact) mass is 478 g/mol. The molecule has 186 valence electrons. The number of ether oxygens (including phenoxy) is 2. The molecule has 3 heterocycles. The minimum atomic E-state index is -0.546. The zero-order valence-corrected chi connectivity index (χ0v) is 19.3. The minimum absolute atomic E-state index is 0.0333. The third kappa shape index (κ3) is 5.95. The summed E-state index contributed by atoms with van der Waals surface area (Å²) in [5.74, 6) is -0.441. The number of ketones is 1. The predicted octanol–water partition coefficient (Wildman–Crippen LogP) is 2.46. The number of hydrogen-bond donors (Lipinski definition) is 1. The highest BCUT2D eigenvalue weighted by Crippen LogP contribution is 2.29. The van der Waals surface area contributed by atoms with E-state index in [2.05, 4.69) is 5.32 Å². The summed E-state index contributed by atoms with van der Waals surface area (Å²) in [5, 5.41) is 4.26. The van der Waals surface area contributed by atoms with E-state index in [0.717, 1.165) is 12.8 Å². The first-order valence-corrected chi connectivity index (χ1v) is 11.7. The third-order valence-corrected chi connectivity index (χ3v) is 6.23. The lowest BCUT2D eigenvalue weighted by Gasteiger charge is -2.27. The second kappa shape index (κ2) is 11.0. The molecule has 0 aromatic heterocycles. The molecule has 3 fully saturated rings. The molecule has 3 aliphatic rings. The van der Waals surface area contributed by atoms with Crippen molar-refractivity contribution >= 4 is 29.3 Å². The number of rotatable bonds is 6. The molecule has 0 saturated carbocycles. The van der Waals surface area contributed by atoms with Crippen LogP contribution in [0.1, 0.15) is 32.6 Å². The predicted molar refractivity (Wildman–Crippen MR) is 121 cm³/mol. The van der Waals surface area contributed by atoms with E-state index < -0.39 is 11.9 Å². The van der Waals surface area contributed by atoms with Crippen molar-refractivity contribution in [2.24, 2.45) is 0 Å². The average molecular weight is 479 g/mol. The number of anilines is 2. The van der Waals surface area contributed by atoms with Crippen molar-refractivity contribution in [3.05, 3.63) is 24.0 Å². The maximum Gasteiger partial charge on any atom is 0.414 e. The van der Waals surface area contributed by atoms with Crippen LogP contribution in [0.3, 0.4) is 0 Å². The SMILES string of the molecule is CC(=O)CC[C@H]1CN(c2ccc(N3CCON(C(=O)NC4CCOCC4)CC3)c(F)c2)C(=O)O1. The number of nitrogens with zero attached hydrogens (tertiary/aromatic N) is 3. The van der Waals surface area contributed by atoms with Gasteiger partial charge >= 0.3 is 12.1 Å². The molecule has 0 unspecified atom stereocenters. The molecular formula is C23H31FN4O6. The van der Waals surface area contributed by atoms with Gasteiger partial charge in [0.1, 0.15) is 17.7 Å². The lowest BCUT2D eigenvalue weighted by Crippen LogP contribution is -2.47. The smallest absolute Gasteiger partial charge is 0.414 e. The van der Waals surface area contributed by atoms with E-state index in [-0.39, 0.29) is 43.7 Å². The van der Waals surface area contributed by atoms with Crippen molar-refractivity contribution in [1.29, 1.82) is 0 Å². The fourth-order valence-corrected chi connectivity index (χ4v) is 4.31. The molecule has 11 heteroatoms. The van der Waals surface area contributed by atoms with Gasteiger partial charge in [0, 0.05) is 38.8 Å². The van der Waals surface area contributed by atoms with Crippen LogP contribution < -0.4 is 15.1 Å². The lowest BCUT2D eigenvalue weighted by molar-refractivity contribution is -0.117. The lowest BCUT2D eigenvalue weighted by atomic mass is 10.1. The van der Waals surface area contributed by atoms with Crippen LogP contribution in [0.25, 0.3) is 0 Å². The van der Waals surface area contributed by atoms with Crippen molar-refractivity contribution in [3.63, 3.8) is 0 Å². The first-order chi connectivity index (χ1) is 16.4. The van der Waals surface area contributed by atoms with Gasteiger partial charge in [-0.3, -0.25) is 9.74 Å². The molecule has 3 amide bonds. The van der Waals surface area contributed by atoms with Crippen LogP contribution in [0, 0.1) is 5.82 Å². The topological polar surface area (TPSA) is 101 Å². The highest BCUT2D eigenvalue weighted by Gasteiger charge is 2.33. The summed E-state index contributed by atoms with van der Waals surface area (Å²) < 4.78 is 25.7. The van der Waals surface area contributed by atoms with Crippen molar-refractivity contribution in [3.8, 4) is 0 Å². The first-order valence-electron chi connectivity index (χ1n) is 11.7. The van der Waals surface area contributed by atoms with Crippen LogP contribution in [0.4, 0.5) is 25.4 Å². The standard InChI is InChI=1S/C23H31FN4O6/c1-16(29)2-4-19-15-27(23(31)34-19)18-3-5-21(20(24)14-18)26-8-9-28(33-13-10-26)22(30)25-17-6-11-32-12-7-17/h3,5,14,17,19H,2,4,6-13,15H2,1H3,(H,25,30)/t19-/m0/s1. The summed E-state index contributed by atoms with van der Waals surface area (Å²) in [4.78, 5) is 44.8. The Hall–Kier alpha value is -2.92. The van der Waals surface area contributed by atoms with Gasteiger partial charge in [0.05, 0.1) is 31.1 Å². The molecule has 0 radical (unpaired) electrons. The average Bonchev–Trinajstić information content (AvgIpc) is 3.02. The van der Waals surface area contributed by atoms with Crippen molar-refractivity contribution in [2.45, 2.75) is 44.8 Å². The van der Waals surface area contributed by atoms with Gasteiger partial charge in [0.15, 0.2) is 0 Å². The Bertz CT molecular complexity index is 909. The second-order valence-corrected chi connectivity index (χ2v) is 8.75. The van der Waals surface area contributed by atoms with Gasteiger partial charge in [-0.25, -0.2) is 19.0 Å². The fourth-order valence-electron chi connectivity index (χ4n) is 4.31. The van der Waals surface area contributed by atoms with E-state index in [9.17, 15) is 14.4 Å². The van der Waals surface area contributed by atoms with Gasteiger partial charge in [-0.05, 0) is 44.4 Å². The zero-order valence-electron chi connectivity index (χ0n) is 19.3. The molecule has 0 bridgehead atoms. The van der Waals surface area contributed by atoms with Crippen LogP contribution in [-0.4, -0.2) is 81.1 Å². The summed E-state index contributed by atoms with van der Waals surface area (Å²) in [5.41, 5.74) is 0.778. The Morgan fingerprint density at radius 1 is 1.15 bits per heavy atom. The number of urea groups is 1. The van der Waals surface area contributed by atoms with Crippen molar-refractivity contribution in [1.82, 2.24) is 10.4 Å². The summed E-state index contributed by atoms with van der Waals surface area (Å²) in [6.45, 7) is 4.36. The quantitative estimate of drug-likeness (QED) is 0.670. The maximum absolute atomic E-state index is 15.1. The Labute approximate surface area is 197 Å². The van der Waals surface area contributed by atoms with Crippen LogP contribution in [0.5, 0.6) is 0 Å². The largest absolute Gasteiger partial charge is 0.444 e. The molecule has 1 aromatic carbocycles. The van der Waals surface area contributed by atoms with E-state index >= 15 is 4.39 Å². The molecule has 10 nitrogen and oxygen atoms in total. The van der Waals surface area contributed by atoms with E-state index in [4.69, 9.17) is 14.3 Å². The number of halogens is 1. The van der Waals surface area contributed by atoms with Gasteiger partial charge < -0.3 is 24.5 Å². The first kappa shape index (κ1) is 24.2. The molecule has 1 atom stereocenters. The molecule has 1 aromatic rings. The van der Waals surface area contributed by atoms with E-state index in [1.807, 2.05) is 4.90 Å². The molecule has 3 saturated heterocycles. The number of benzene rings is 1.